The third-order valence-corrected chi connectivity index (χ3v) is 6.53. The van der Waals surface area contributed by atoms with Gasteiger partial charge in [-0.1, -0.05) is 0 Å². The number of anilines is 2. The second-order valence-corrected chi connectivity index (χ2v) is 9.50. The fourth-order valence-electron chi connectivity index (χ4n) is 3.18. The molecule has 0 unspecified atom stereocenters. The van der Waals surface area contributed by atoms with Crippen molar-refractivity contribution in [2.24, 2.45) is 10.2 Å². The van der Waals surface area contributed by atoms with Gasteiger partial charge in [0.25, 0.3) is 0 Å². The van der Waals surface area contributed by atoms with Crippen LogP contribution in [0.2, 0.25) is 5.28 Å². The van der Waals surface area contributed by atoms with E-state index in [-0.39, 0.29) is 21.6 Å². The highest BCUT2D eigenvalue weighted by atomic mass is 35.5. The summed E-state index contributed by atoms with van der Waals surface area (Å²) in [6.45, 7) is 3.61. The summed E-state index contributed by atoms with van der Waals surface area (Å²) in [5.74, 6) is 0.260. The number of aromatic nitrogens is 5. The van der Waals surface area contributed by atoms with Gasteiger partial charge in [-0.3, -0.25) is 0 Å². The molecule has 4 rings (SSSR count). The number of nitrogens with one attached hydrogen (secondary N) is 2. The quantitative estimate of drug-likeness (QED) is 0.311. The van der Waals surface area contributed by atoms with Gasteiger partial charge in [-0.15, -0.1) is 15.3 Å². The molecular weight excluding hydrogens is 494 g/mol. The Morgan fingerprint density at radius 2 is 1.83 bits per heavy atom. The molecule has 0 aliphatic carbocycles. The number of phenols is 1. The highest BCUT2D eigenvalue weighted by Crippen LogP contribution is 2.33. The molecule has 0 bridgehead atoms. The number of benzene rings is 2. The Morgan fingerprint density at radius 1 is 1.09 bits per heavy atom. The van der Waals surface area contributed by atoms with Gasteiger partial charge in [0.1, 0.15) is 17.1 Å². The van der Waals surface area contributed by atoms with Crippen LogP contribution in [0.1, 0.15) is 11.4 Å². The Hall–Kier alpha value is -3.94. The number of azo groups is 1. The Bertz CT molecular complexity index is 1520. The first-order valence-corrected chi connectivity index (χ1v) is 12.0. The monoisotopic (exact) mass is 513 g/mol. The molecule has 3 N–H and O–H groups in total. The first kappa shape index (κ1) is 24.2. The Kier molecular flexibility index (Phi) is 6.73. The maximum absolute atomic E-state index is 12.1. The Balaban J connectivity index is 1.59. The fourth-order valence-corrected chi connectivity index (χ4v) is 4.06. The van der Waals surface area contributed by atoms with E-state index < -0.39 is 10.0 Å². The van der Waals surface area contributed by atoms with Crippen molar-refractivity contribution in [2.45, 2.75) is 18.7 Å². The number of hydrogen-bond acceptors (Lipinski definition) is 10. The first-order chi connectivity index (χ1) is 16.7. The van der Waals surface area contributed by atoms with E-state index in [2.05, 4.69) is 40.5 Å². The number of halogens is 1. The average molecular weight is 514 g/mol. The predicted molar refractivity (Wildman–Crippen MR) is 130 cm³/mol. The number of nitrogens with zero attached hydrogens (tertiary/aromatic N) is 7. The van der Waals surface area contributed by atoms with Crippen molar-refractivity contribution < 1.29 is 13.5 Å². The van der Waals surface area contributed by atoms with Crippen LogP contribution in [-0.4, -0.2) is 45.5 Å². The molecule has 0 spiro atoms. The topological polar surface area (TPSA) is 160 Å². The number of sulfonamides is 1. The fraction of sp³-hybridized carbons (Fsp3) is 0.143. The zero-order valence-electron chi connectivity index (χ0n) is 18.8. The maximum Gasteiger partial charge on any atom is 0.244 e. The maximum atomic E-state index is 12.1. The van der Waals surface area contributed by atoms with E-state index in [4.69, 9.17) is 11.6 Å². The summed E-state index contributed by atoms with van der Waals surface area (Å²) in [4.78, 5) is 4.00. The van der Waals surface area contributed by atoms with E-state index >= 15 is 0 Å². The van der Waals surface area contributed by atoms with E-state index in [1.54, 1.807) is 11.6 Å². The molecule has 2 heterocycles. The Labute approximate surface area is 205 Å². The third-order valence-electron chi connectivity index (χ3n) is 4.95. The van der Waals surface area contributed by atoms with Gasteiger partial charge in [0.05, 0.1) is 28.2 Å². The average Bonchev–Trinajstić information content (AvgIpc) is 3.12. The lowest BCUT2D eigenvalue weighted by atomic mass is 10.2. The van der Waals surface area contributed by atoms with E-state index in [0.717, 1.165) is 11.4 Å². The largest absolute Gasteiger partial charge is 0.506 e. The molecule has 14 heteroatoms. The second kappa shape index (κ2) is 9.74. The lowest BCUT2D eigenvalue weighted by Crippen LogP contribution is -2.18. The standard InChI is InChI=1S/C21H20ClN9O3S/c1-12-20(28-27-17-10-16(8-9-18(17)32)35(33,34)23-3)13(2)31(30-12)15-6-4-14(5-7-15)25-19-11-24-29-21(22)26-19/h4-11,23,32H,1-3H3,(H,25,26,29). The molecule has 0 saturated carbocycles. The second-order valence-electron chi connectivity index (χ2n) is 7.27. The molecule has 0 atom stereocenters. The van der Waals surface area contributed by atoms with Crippen molar-refractivity contribution >= 4 is 44.5 Å². The summed E-state index contributed by atoms with van der Waals surface area (Å²) in [7, 11) is -2.39. The summed E-state index contributed by atoms with van der Waals surface area (Å²) in [6, 6.07) is 11.2. The van der Waals surface area contributed by atoms with E-state index in [9.17, 15) is 13.5 Å². The van der Waals surface area contributed by atoms with Crippen LogP contribution < -0.4 is 10.0 Å². The number of phenolic OH excluding ortho intramolecular Hbond substituents is 1. The molecule has 0 aliphatic rings. The van der Waals surface area contributed by atoms with Crippen LogP contribution in [0.25, 0.3) is 5.69 Å². The molecule has 0 fully saturated rings. The van der Waals surface area contributed by atoms with Gasteiger partial charge < -0.3 is 10.4 Å². The number of hydrogen-bond donors (Lipinski definition) is 3. The zero-order chi connectivity index (χ0) is 25.2. The van der Waals surface area contributed by atoms with Crippen molar-refractivity contribution in [1.82, 2.24) is 29.7 Å². The van der Waals surface area contributed by atoms with Gasteiger partial charge in [-0.2, -0.15) is 15.2 Å². The molecule has 0 aliphatic heterocycles. The normalized spacial score (nSPS) is 11.8. The number of aryl methyl sites for hydroxylation is 1. The van der Waals surface area contributed by atoms with Crippen LogP contribution in [0.15, 0.2) is 63.8 Å². The molecule has 2 aromatic carbocycles. The minimum atomic E-state index is -3.70. The van der Waals surface area contributed by atoms with E-state index in [0.29, 0.717) is 22.9 Å². The summed E-state index contributed by atoms with van der Waals surface area (Å²) in [5, 5.41) is 33.4. The molecule has 12 nitrogen and oxygen atoms in total. The summed E-state index contributed by atoms with van der Waals surface area (Å²) in [5.41, 5.74) is 3.36. The lowest BCUT2D eigenvalue weighted by molar-refractivity contribution is 0.476. The summed E-state index contributed by atoms with van der Waals surface area (Å²) >= 11 is 5.76. The van der Waals surface area contributed by atoms with Crippen LogP contribution in [0.5, 0.6) is 5.75 Å². The molecule has 0 saturated heterocycles. The molecule has 0 radical (unpaired) electrons. The van der Waals surface area contributed by atoms with E-state index in [1.165, 1.54) is 31.4 Å². The van der Waals surface area contributed by atoms with Crippen molar-refractivity contribution in [3.05, 3.63) is 65.3 Å². The van der Waals surface area contributed by atoms with Crippen LogP contribution >= 0.6 is 11.6 Å². The smallest absolute Gasteiger partial charge is 0.244 e. The highest BCUT2D eigenvalue weighted by molar-refractivity contribution is 7.89. The number of aromatic hydroxyl groups is 1. The minimum Gasteiger partial charge on any atom is -0.506 e. The van der Waals surface area contributed by atoms with Crippen LogP contribution in [-0.2, 0) is 10.0 Å². The van der Waals surface area contributed by atoms with Gasteiger partial charge >= 0.3 is 0 Å². The molecule has 4 aromatic rings. The minimum absolute atomic E-state index is 0.0163. The van der Waals surface area contributed by atoms with Gasteiger partial charge in [-0.05, 0) is 75.0 Å². The van der Waals surface area contributed by atoms with Crippen LogP contribution in [0, 0.1) is 13.8 Å². The molecule has 0 amide bonds. The molecule has 35 heavy (non-hydrogen) atoms. The van der Waals surface area contributed by atoms with Crippen molar-refractivity contribution in [1.29, 1.82) is 0 Å². The summed E-state index contributed by atoms with van der Waals surface area (Å²) < 4.78 is 28.0. The molecular formula is C21H20ClN9O3S. The Morgan fingerprint density at radius 3 is 2.51 bits per heavy atom. The lowest BCUT2D eigenvalue weighted by Gasteiger charge is -2.08. The van der Waals surface area contributed by atoms with Crippen LogP contribution in [0.4, 0.5) is 22.9 Å². The number of rotatable bonds is 7. The van der Waals surface area contributed by atoms with Crippen molar-refractivity contribution in [3.63, 3.8) is 0 Å². The first-order valence-electron chi connectivity index (χ1n) is 10.1. The molecule has 2 aromatic heterocycles. The van der Waals surface area contributed by atoms with E-state index in [1.807, 2.05) is 31.2 Å². The van der Waals surface area contributed by atoms with Gasteiger partial charge in [0.2, 0.25) is 15.3 Å². The van der Waals surface area contributed by atoms with Crippen molar-refractivity contribution in [2.75, 3.05) is 12.4 Å². The van der Waals surface area contributed by atoms with Crippen LogP contribution in [0.3, 0.4) is 0 Å². The van der Waals surface area contributed by atoms with Gasteiger partial charge in [-0.25, -0.2) is 17.8 Å². The predicted octanol–water partition coefficient (Wildman–Crippen LogP) is 4.10. The highest BCUT2D eigenvalue weighted by Gasteiger charge is 2.16. The molecule has 180 valence electrons. The van der Waals surface area contributed by atoms with Crippen molar-refractivity contribution in [3.8, 4) is 11.4 Å². The van der Waals surface area contributed by atoms with Gasteiger partial charge in [0.15, 0.2) is 5.82 Å². The summed E-state index contributed by atoms with van der Waals surface area (Å²) in [6.07, 6.45) is 1.46. The zero-order valence-corrected chi connectivity index (χ0v) is 20.4. The third kappa shape index (κ3) is 5.26. The van der Waals surface area contributed by atoms with Gasteiger partial charge in [0, 0.05) is 5.69 Å². The SMILES string of the molecule is CNS(=O)(=O)c1ccc(O)c(N=Nc2c(C)nn(-c3ccc(Nc4cnnc(Cl)n4)cc3)c2C)c1.